The first-order valence-corrected chi connectivity index (χ1v) is 3.92. The zero-order chi connectivity index (χ0) is 6.81. The molecule has 2 nitrogen and oxygen atoms in total. The number of fused-ring (bicyclic) bond motifs is 1. The maximum atomic E-state index is 4.37. The first-order chi connectivity index (χ1) is 4.97. The van der Waals surface area contributed by atoms with E-state index in [1.165, 1.54) is 25.8 Å². The lowest BCUT2D eigenvalue weighted by Gasteiger charge is -2.33. The van der Waals surface area contributed by atoms with Crippen LogP contribution in [0.2, 0.25) is 0 Å². The van der Waals surface area contributed by atoms with Crippen LogP contribution in [0.1, 0.15) is 19.3 Å². The fourth-order valence-corrected chi connectivity index (χ4v) is 1.57. The summed E-state index contributed by atoms with van der Waals surface area (Å²) in [6, 6.07) is 0. The molecule has 0 spiro atoms. The van der Waals surface area contributed by atoms with Gasteiger partial charge in [0.15, 0.2) is 0 Å². The molecule has 0 aromatic carbocycles. The lowest BCUT2D eigenvalue weighted by atomic mass is 10.1. The highest BCUT2D eigenvalue weighted by molar-refractivity contribution is 5.71. The normalized spacial score (nSPS) is 30.4. The summed E-state index contributed by atoms with van der Waals surface area (Å²) in [5, 5.41) is 0. The molecule has 1 saturated heterocycles. The molecule has 0 aromatic rings. The quantitative estimate of drug-likeness (QED) is 0.491. The van der Waals surface area contributed by atoms with Gasteiger partial charge in [0.05, 0.1) is 0 Å². The lowest BCUT2D eigenvalue weighted by molar-refractivity contribution is 0.218. The van der Waals surface area contributed by atoms with Crippen molar-refractivity contribution < 1.29 is 0 Å². The Hall–Kier alpha value is -0.790. The molecule has 0 amide bonds. The summed E-state index contributed by atoms with van der Waals surface area (Å²) in [4.78, 5) is 6.69. The number of hydrogen-bond acceptors (Lipinski definition) is 2. The molecule has 2 rings (SSSR count). The lowest BCUT2D eigenvalue weighted by Crippen LogP contribution is -2.35. The third-order valence-corrected chi connectivity index (χ3v) is 2.13. The van der Waals surface area contributed by atoms with Crippen LogP contribution in [0.5, 0.6) is 0 Å². The minimum absolute atomic E-state index is 0.471. The number of hydrogen-bond donors (Lipinski definition) is 0. The second-order valence-corrected chi connectivity index (χ2v) is 2.85. The van der Waals surface area contributed by atoms with Gasteiger partial charge < -0.3 is 4.90 Å². The van der Waals surface area contributed by atoms with Crippen LogP contribution in [0.25, 0.3) is 0 Å². The molecule has 0 radical (unpaired) electrons. The molecule has 2 aliphatic rings. The molecular weight excluding hydrogens is 124 g/mol. The average molecular weight is 136 g/mol. The summed E-state index contributed by atoms with van der Waals surface area (Å²) in [5.74, 6) is 0. The average Bonchev–Trinajstić information content (AvgIpc) is 2.05. The van der Waals surface area contributed by atoms with Crippen LogP contribution in [0.15, 0.2) is 17.3 Å². The molecule has 10 heavy (non-hydrogen) atoms. The third kappa shape index (κ3) is 0.939. The van der Waals surface area contributed by atoms with Crippen molar-refractivity contribution in [3.63, 3.8) is 0 Å². The maximum Gasteiger partial charge on any atom is 0.120 e. The second kappa shape index (κ2) is 2.45. The summed E-state index contributed by atoms with van der Waals surface area (Å²) in [6.45, 7) is 1.19. The monoisotopic (exact) mass is 136 g/mol. The fourth-order valence-electron chi connectivity index (χ4n) is 1.57. The van der Waals surface area contributed by atoms with E-state index in [1.54, 1.807) is 0 Å². The fraction of sp³-hybridized carbons (Fsp3) is 0.625. The van der Waals surface area contributed by atoms with Gasteiger partial charge >= 0.3 is 0 Å². The van der Waals surface area contributed by atoms with Crippen molar-refractivity contribution >= 4 is 6.21 Å². The molecule has 0 aliphatic carbocycles. The van der Waals surface area contributed by atoms with E-state index in [4.69, 9.17) is 0 Å². The van der Waals surface area contributed by atoms with Gasteiger partial charge in [-0.1, -0.05) is 0 Å². The van der Waals surface area contributed by atoms with Crippen LogP contribution >= 0.6 is 0 Å². The van der Waals surface area contributed by atoms with Gasteiger partial charge in [0.2, 0.25) is 0 Å². The zero-order valence-corrected chi connectivity index (χ0v) is 6.03. The summed E-state index contributed by atoms with van der Waals surface area (Å²) >= 11 is 0. The molecule has 2 aliphatic heterocycles. The molecule has 0 bridgehead atoms. The Morgan fingerprint density at radius 1 is 1.40 bits per heavy atom. The van der Waals surface area contributed by atoms with Crippen molar-refractivity contribution in [2.75, 3.05) is 6.54 Å². The van der Waals surface area contributed by atoms with E-state index in [-0.39, 0.29) is 0 Å². The van der Waals surface area contributed by atoms with E-state index >= 15 is 0 Å². The molecule has 0 aromatic heterocycles. The highest BCUT2D eigenvalue weighted by atomic mass is 15.2. The molecule has 0 saturated carbocycles. The van der Waals surface area contributed by atoms with Crippen molar-refractivity contribution in [1.82, 2.24) is 4.90 Å². The van der Waals surface area contributed by atoms with E-state index in [0.29, 0.717) is 6.17 Å². The first-order valence-electron chi connectivity index (χ1n) is 3.92. The molecule has 0 N–H and O–H groups in total. The van der Waals surface area contributed by atoms with Crippen LogP contribution in [0, 0.1) is 0 Å². The second-order valence-electron chi connectivity index (χ2n) is 2.85. The van der Waals surface area contributed by atoms with Gasteiger partial charge in [0, 0.05) is 19.0 Å². The van der Waals surface area contributed by atoms with E-state index in [0.717, 1.165) is 0 Å². The van der Waals surface area contributed by atoms with Gasteiger partial charge in [0.25, 0.3) is 0 Å². The van der Waals surface area contributed by atoms with E-state index in [1.807, 2.05) is 12.3 Å². The molecule has 54 valence electrons. The zero-order valence-electron chi connectivity index (χ0n) is 6.03. The summed E-state index contributed by atoms with van der Waals surface area (Å²) in [7, 11) is 0. The summed E-state index contributed by atoms with van der Waals surface area (Å²) in [5.41, 5.74) is 0. The Morgan fingerprint density at radius 3 is 3.30 bits per heavy atom. The van der Waals surface area contributed by atoms with Gasteiger partial charge in [-0.05, 0) is 25.3 Å². The van der Waals surface area contributed by atoms with Crippen LogP contribution in [-0.4, -0.2) is 23.8 Å². The van der Waals surface area contributed by atoms with Crippen LogP contribution in [0.3, 0.4) is 0 Å². The molecule has 1 unspecified atom stereocenters. The van der Waals surface area contributed by atoms with Crippen molar-refractivity contribution in [2.24, 2.45) is 4.99 Å². The minimum atomic E-state index is 0.471. The molecular formula is C8H12N2. The number of nitrogens with zero attached hydrogens (tertiary/aromatic N) is 2. The van der Waals surface area contributed by atoms with Gasteiger partial charge in [0.1, 0.15) is 6.17 Å². The Labute approximate surface area is 61.2 Å². The predicted molar refractivity (Wildman–Crippen MR) is 42.0 cm³/mol. The van der Waals surface area contributed by atoms with Crippen molar-refractivity contribution in [2.45, 2.75) is 25.4 Å². The van der Waals surface area contributed by atoms with Crippen molar-refractivity contribution in [1.29, 1.82) is 0 Å². The van der Waals surface area contributed by atoms with Crippen molar-refractivity contribution in [3.05, 3.63) is 12.3 Å². The van der Waals surface area contributed by atoms with Crippen LogP contribution in [0.4, 0.5) is 0 Å². The Bertz CT molecular complexity index is 152. The smallest absolute Gasteiger partial charge is 0.120 e. The first kappa shape index (κ1) is 5.96. The molecule has 1 atom stereocenters. The SMILES string of the molecule is C1=CN2CCCCC2N=C1. The predicted octanol–water partition coefficient (Wildman–Crippen LogP) is 1.40. The minimum Gasteiger partial charge on any atom is -0.356 e. The standard InChI is InChI=1S/C8H12N2/c1-2-6-10-7-3-5-9-8(10)4-1/h3,5,7-8H,1-2,4,6H2. The summed E-state index contributed by atoms with van der Waals surface area (Å²) in [6.07, 6.45) is 10.5. The van der Waals surface area contributed by atoms with Crippen LogP contribution < -0.4 is 0 Å². The maximum absolute atomic E-state index is 4.37. The highest BCUT2D eigenvalue weighted by Gasteiger charge is 2.18. The van der Waals surface area contributed by atoms with E-state index in [9.17, 15) is 0 Å². The molecule has 2 heteroatoms. The van der Waals surface area contributed by atoms with Crippen LogP contribution in [-0.2, 0) is 0 Å². The van der Waals surface area contributed by atoms with Crippen molar-refractivity contribution in [3.8, 4) is 0 Å². The molecule has 1 fully saturated rings. The Kier molecular flexibility index (Phi) is 1.46. The van der Waals surface area contributed by atoms with Gasteiger partial charge in [-0.15, -0.1) is 0 Å². The van der Waals surface area contributed by atoms with Gasteiger partial charge in [-0.2, -0.15) is 0 Å². The Balaban J connectivity index is 2.09. The highest BCUT2D eigenvalue weighted by Crippen LogP contribution is 2.19. The largest absolute Gasteiger partial charge is 0.356 e. The van der Waals surface area contributed by atoms with E-state index < -0.39 is 0 Å². The van der Waals surface area contributed by atoms with Gasteiger partial charge in [-0.3, -0.25) is 4.99 Å². The number of aliphatic imine (C=N–C) groups is 1. The summed E-state index contributed by atoms with van der Waals surface area (Å²) < 4.78 is 0. The topological polar surface area (TPSA) is 15.6 Å². The number of rotatable bonds is 0. The Morgan fingerprint density at radius 2 is 2.40 bits per heavy atom. The number of piperidine rings is 1. The molecule has 2 heterocycles. The number of allylic oxidation sites excluding steroid dienone is 1. The van der Waals surface area contributed by atoms with E-state index in [2.05, 4.69) is 16.1 Å². The van der Waals surface area contributed by atoms with Gasteiger partial charge in [-0.25, -0.2) is 0 Å². The third-order valence-electron chi connectivity index (χ3n) is 2.13.